The van der Waals surface area contributed by atoms with Crippen LogP contribution in [0.5, 0.6) is 0 Å². The van der Waals surface area contributed by atoms with E-state index in [1.165, 1.54) is 0 Å². The largest absolute Gasteiger partial charge is 0.306 e. The zero-order valence-electron chi connectivity index (χ0n) is 9.84. The van der Waals surface area contributed by atoms with Gasteiger partial charge in [0.2, 0.25) is 6.08 Å². The highest BCUT2D eigenvalue weighted by molar-refractivity contribution is 5.35. The van der Waals surface area contributed by atoms with Crippen molar-refractivity contribution in [3.63, 3.8) is 0 Å². The van der Waals surface area contributed by atoms with Crippen LogP contribution in [0, 0.1) is 5.41 Å². The third-order valence-corrected chi connectivity index (χ3v) is 2.50. The normalized spacial score (nSPS) is 9.89. The zero-order chi connectivity index (χ0) is 13.4. The standard InChI is InChI=1S/C13H14N2.CHNO/c14-13(15,11-7-3-1-4-8-11)12-9-5-2-6-10-12;2-1-3/h1-10H,14-15H2;2H. The molecule has 0 radical (unpaired) electrons. The van der Waals surface area contributed by atoms with E-state index in [2.05, 4.69) is 0 Å². The molecule has 2 aromatic carbocycles. The summed E-state index contributed by atoms with van der Waals surface area (Å²) in [4.78, 5) is 8.35. The number of carbonyl (C=O) groups excluding carboxylic acids is 1. The Morgan fingerprint density at radius 2 is 1.11 bits per heavy atom. The van der Waals surface area contributed by atoms with Crippen LogP contribution < -0.4 is 11.5 Å². The van der Waals surface area contributed by atoms with E-state index >= 15 is 0 Å². The van der Waals surface area contributed by atoms with Crippen molar-refractivity contribution in [2.75, 3.05) is 0 Å². The van der Waals surface area contributed by atoms with Gasteiger partial charge in [-0.05, 0) is 11.1 Å². The minimum Gasteiger partial charge on any atom is -0.306 e. The number of isocyanates is 1. The topological polar surface area (TPSA) is 93.0 Å². The first-order valence-corrected chi connectivity index (χ1v) is 5.35. The molecule has 0 amide bonds. The van der Waals surface area contributed by atoms with Crippen molar-refractivity contribution in [1.29, 1.82) is 5.41 Å². The lowest BCUT2D eigenvalue weighted by atomic mass is 9.93. The second kappa shape index (κ2) is 6.47. The molecule has 92 valence electrons. The molecule has 0 spiro atoms. The highest BCUT2D eigenvalue weighted by atomic mass is 16.1. The van der Waals surface area contributed by atoms with E-state index in [1.54, 1.807) is 0 Å². The lowest BCUT2D eigenvalue weighted by Gasteiger charge is -2.25. The van der Waals surface area contributed by atoms with Gasteiger partial charge in [0.1, 0.15) is 5.66 Å². The number of rotatable bonds is 2. The molecule has 0 bridgehead atoms. The lowest BCUT2D eigenvalue weighted by Crippen LogP contribution is -2.46. The molecular weight excluding hydrogens is 226 g/mol. The number of hydrogen-bond acceptors (Lipinski definition) is 4. The van der Waals surface area contributed by atoms with Gasteiger partial charge in [-0.25, -0.2) is 10.2 Å². The van der Waals surface area contributed by atoms with Crippen LogP contribution in [0.15, 0.2) is 60.7 Å². The van der Waals surface area contributed by atoms with Crippen LogP contribution >= 0.6 is 0 Å². The summed E-state index contributed by atoms with van der Waals surface area (Å²) in [6.45, 7) is 0. The fourth-order valence-corrected chi connectivity index (χ4v) is 1.59. The molecular formula is C14H15N3O. The number of nitrogens with one attached hydrogen (secondary N) is 1. The van der Waals surface area contributed by atoms with E-state index in [1.807, 2.05) is 60.7 Å². The highest BCUT2D eigenvalue weighted by Crippen LogP contribution is 2.20. The van der Waals surface area contributed by atoms with Gasteiger partial charge in [-0.1, -0.05) is 60.7 Å². The summed E-state index contributed by atoms with van der Waals surface area (Å²) in [7, 11) is 0. The molecule has 0 aliphatic rings. The van der Waals surface area contributed by atoms with Crippen molar-refractivity contribution >= 4 is 6.08 Å². The summed E-state index contributed by atoms with van der Waals surface area (Å²) in [6.07, 6.45) is 0.750. The van der Waals surface area contributed by atoms with Gasteiger partial charge in [-0.3, -0.25) is 0 Å². The van der Waals surface area contributed by atoms with Crippen LogP contribution in [0.1, 0.15) is 11.1 Å². The molecule has 5 N–H and O–H groups in total. The van der Waals surface area contributed by atoms with E-state index < -0.39 is 5.66 Å². The first kappa shape index (κ1) is 13.8. The predicted octanol–water partition coefficient (Wildman–Crippen LogP) is 1.71. The molecule has 0 aliphatic carbocycles. The molecule has 0 atom stereocenters. The Kier molecular flexibility index (Phi) is 4.96. The van der Waals surface area contributed by atoms with E-state index in [9.17, 15) is 0 Å². The molecule has 4 heteroatoms. The van der Waals surface area contributed by atoms with Gasteiger partial charge < -0.3 is 11.5 Å². The minimum atomic E-state index is -0.914. The maximum Gasteiger partial charge on any atom is 0.231 e. The molecule has 2 rings (SSSR count). The van der Waals surface area contributed by atoms with Crippen molar-refractivity contribution in [3.8, 4) is 0 Å². The molecule has 0 fully saturated rings. The van der Waals surface area contributed by atoms with Crippen LogP contribution in [0.4, 0.5) is 0 Å². The van der Waals surface area contributed by atoms with Crippen molar-refractivity contribution in [1.82, 2.24) is 0 Å². The molecule has 4 nitrogen and oxygen atoms in total. The Morgan fingerprint density at radius 3 is 1.39 bits per heavy atom. The van der Waals surface area contributed by atoms with Gasteiger partial charge in [-0.2, -0.15) is 0 Å². The summed E-state index contributed by atoms with van der Waals surface area (Å²) in [5, 5.41) is 5.40. The lowest BCUT2D eigenvalue weighted by molar-refractivity contribution is 0.562. The Balaban J connectivity index is 0.000000492. The smallest absolute Gasteiger partial charge is 0.231 e. The Labute approximate surface area is 106 Å². The third-order valence-electron chi connectivity index (χ3n) is 2.50. The van der Waals surface area contributed by atoms with Crippen LogP contribution in [0.25, 0.3) is 0 Å². The van der Waals surface area contributed by atoms with Gasteiger partial charge in [-0.15, -0.1) is 0 Å². The quantitative estimate of drug-likeness (QED) is 0.424. The monoisotopic (exact) mass is 241 g/mol. The van der Waals surface area contributed by atoms with Gasteiger partial charge in [0.05, 0.1) is 0 Å². The predicted molar refractivity (Wildman–Crippen MR) is 70.5 cm³/mol. The van der Waals surface area contributed by atoms with E-state index in [0.29, 0.717) is 0 Å². The third kappa shape index (κ3) is 3.37. The van der Waals surface area contributed by atoms with Crippen molar-refractivity contribution < 1.29 is 4.79 Å². The van der Waals surface area contributed by atoms with E-state index in [0.717, 1.165) is 17.2 Å². The first-order chi connectivity index (χ1) is 8.62. The molecule has 0 aliphatic heterocycles. The van der Waals surface area contributed by atoms with Crippen LogP contribution in [-0.2, 0) is 10.5 Å². The summed E-state index contributed by atoms with van der Waals surface area (Å²) >= 11 is 0. The minimum absolute atomic E-state index is 0.750. The fourth-order valence-electron chi connectivity index (χ4n) is 1.59. The number of benzene rings is 2. The van der Waals surface area contributed by atoms with E-state index in [-0.39, 0.29) is 0 Å². The Bertz CT molecular complexity index is 462. The van der Waals surface area contributed by atoms with Crippen LogP contribution in [0.3, 0.4) is 0 Å². The van der Waals surface area contributed by atoms with Gasteiger partial charge >= 0.3 is 0 Å². The van der Waals surface area contributed by atoms with Crippen LogP contribution in [0.2, 0.25) is 0 Å². The molecule has 0 heterocycles. The maximum absolute atomic E-state index is 8.35. The average molecular weight is 241 g/mol. The van der Waals surface area contributed by atoms with Gasteiger partial charge in [0, 0.05) is 0 Å². The molecule has 2 aromatic rings. The second-order valence-electron chi connectivity index (χ2n) is 3.70. The van der Waals surface area contributed by atoms with Crippen molar-refractivity contribution in [3.05, 3.63) is 71.8 Å². The van der Waals surface area contributed by atoms with E-state index in [4.69, 9.17) is 21.7 Å². The Morgan fingerprint density at radius 1 is 0.833 bits per heavy atom. The first-order valence-electron chi connectivity index (χ1n) is 5.35. The number of nitrogens with two attached hydrogens (primary N) is 2. The summed E-state index contributed by atoms with van der Waals surface area (Å²) < 4.78 is 0. The zero-order valence-corrected chi connectivity index (χ0v) is 9.84. The van der Waals surface area contributed by atoms with Gasteiger partial charge in [0.15, 0.2) is 0 Å². The molecule has 0 saturated heterocycles. The van der Waals surface area contributed by atoms with Gasteiger partial charge in [0.25, 0.3) is 0 Å². The maximum atomic E-state index is 8.35. The molecule has 0 unspecified atom stereocenters. The summed E-state index contributed by atoms with van der Waals surface area (Å²) in [5.74, 6) is 0. The average Bonchev–Trinajstić information content (AvgIpc) is 2.42. The summed E-state index contributed by atoms with van der Waals surface area (Å²) in [6, 6.07) is 19.4. The molecule has 0 saturated carbocycles. The molecule has 0 aromatic heterocycles. The SMILES string of the molecule is N=C=O.NC(N)(c1ccccc1)c1ccccc1. The Hall–Kier alpha value is -2.26. The van der Waals surface area contributed by atoms with Crippen LogP contribution in [-0.4, -0.2) is 6.08 Å². The summed E-state index contributed by atoms with van der Waals surface area (Å²) in [5.41, 5.74) is 13.2. The second-order valence-corrected chi connectivity index (χ2v) is 3.70. The highest BCUT2D eigenvalue weighted by Gasteiger charge is 2.23. The van der Waals surface area contributed by atoms with Crippen molar-refractivity contribution in [2.45, 2.75) is 5.66 Å². The fraction of sp³-hybridized carbons (Fsp3) is 0.0714. The molecule has 18 heavy (non-hydrogen) atoms. The number of hydrogen-bond donors (Lipinski definition) is 3. The van der Waals surface area contributed by atoms with Crippen molar-refractivity contribution in [2.24, 2.45) is 11.5 Å².